The third kappa shape index (κ3) is 3.30. The maximum Gasteiger partial charge on any atom is 0.262 e. The van der Waals surface area contributed by atoms with Gasteiger partial charge in [0.2, 0.25) is 0 Å². The van der Waals surface area contributed by atoms with Gasteiger partial charge in [-0.25, -0.2) is 8.42 Å². The molecule has 4 rings (SSSR count). The molecule has 134 valence electrons. The van der Waals surface area contributed by atoms with Crippen molar-refractivity contribution in [2.75, 3.05) is 11.3 Å². The molecule has 0 spiro atoms. The van der Waals surface area contributed by atoms with Gasteiger partial charge in [-0.15, -0.1) is 0 Å². The van der Waals surface area contributed by atoms with Gasteiger partial charge in [-0.05, 0) is 54.8 Å². The first-order valence-electron chi connectivity index (χ1n) is 8.57. The number of fused-ring (bicyclic) bond motifs is 2. The van der Waals surface area contributed by atoms with Crippen molar-refractivity contribution in [1.29, 1.82) is 0 Å². The summed E-state index contributed by atoms with van der Waals surface area (Å²) in [6.45, 7) is 1.74. The summed E-state index contributed by atoms with van der Waals surface area (Å²) in [5.41, 5.74) is 2.99. The molecule has 0 amide bonds. The van der Waals surface area contributed by atoms with Crippen molar-refractivity contribution in [2.45, 2.75) is 24.3 Å². The van der Waals surface area contributed by atoms with Crippen molar-refractivity contribution in [3.05, 3.63) is 70.7 Å². The SMILES string of the molecule is O=S(=O)(Nc1ccc2c(c1)CNCCC2)c1ccc(Cl)c2ccccc12. The molecule has 26 heavy (non-hydrogen) atoms. The highest BCUT2D eigenvalue weighted by atomic mass is 35.5. The van der Waals surface area contributed by atoms with E-state index >= 15 is 0 Å². The van der Waals surface area contributed by atoms with Crippen LogP contribution in [0.15, 0.2) is 59.5 Å². The molecule has 0 saturated carbocycles. The third-order valence-electron chi connectivity index (χ3n) is 4.69. The number of hydrogen-bond acceptors (Lipinski definition) is 3. The highest BCUT2D eigenvalue weighted by Crippen LogP contribution is 2.30. The quantitative estimate of drug-likeness (QED) is 0.704. The van der Waals surface area contributed by atoms with Gasteiger partial charge in [0, 0.05) is 28.0 Å². The maximum absolute atomic E-state index is 13.0. The average Bonchev–Trinajstić information content (AvgIpc) is 2.86. The predicted octanol–water partition coefficient (Wildman–Crippen LogP) is 4.33. The number of hydrogen-bond donors (Lipinski definition) is 2. The lowest BCUT2D eigenvalue weighted by atomic mass is 10.0. The summed E-state index contributed by atoms with van der Waals surface area (Å²) in [7, 11) is -3.72. The Morgan fingerprint density at radius 3 is 2.62 bits per heavy atom. The molecule has 4 nitrogen and oxygen atoms in total. The van der Waals surface area contributed by atoms with Crippen LogP contribution in [0.2, 0.25) is 5.02 Å². The summed E-state index contributed by atoms with van der Waals surface area (Å²) in [5.74, 6) is 0. The van der Waals surface area contributed by atoms with Gasteiger partial charge in [0.05, 0.1) is 4.90 Å². The van der Waals surface area contributed by atoms with Gasteiger partial charge in [0.15, 0.2) is 0 Å². The maximum atomic E-state index is 13.0. The first-order valence-corrected chi connectivity index (χ1v) is 10.4. The first kappa shape index (κ1) is 17.3. The molecule has 1 heterocycles. The standard InChI is InChI=1S/C20H19ClN2O2S/c21-19-9-10-20(18-6-2-1-5-17(18)19)26(24,25)23-16-8-7-14-4-3-11-22-13-15(14)12-16/h1-2,5-10,12,22-23H,3-4,11,13H2. The van der Waals surface area contributed by atoms with E-state index in [4.69, 9.17) is 11.6 Å². The van der Waals surface area contributed by atoms with Crippen LogP contribution in [0.4, 0.5) is 5.69 Å². The Labute approximate surface area is 158 Å². The van der Waals surface area contributed by atoms with Crippen LogP contribution in [0.5, 0.6) is 0 Å². The lowest BCUT2D eigenvalue weighted by molar-refractivity contribution is 0.602. The Bertz CT molecular complexity index is 1080. The van der Waals surface area contributed by atoms with Gasteiger partial charge in [-0.2, -0.15) is 0 Å². The van der Waals surface area contributed by atoms with Crippen molar-refractivity contribution < 1.29 is 8.42 Å². The molecule has 3 aromatic rings. The minimum absolute atomic E-state index is 0.227. The minimum atomic E-state index is -3.72. The summed E-state index contributed by atoms with van der Waals surface area (Å²) >= 11 is 6.21. The Balaban J connectivity index is 1.73. The second kappa shape index (κ2) is 6.91. The van der Waals surface area contributed by atoms with E-state index in [0.717, 1.165) is 36.9 Å². The number of aryl methyl sites for hydroxylation is 1. The summed E-state index contributed by atoms with van der Waals surface area (Å²) in [6.07, 6.45) is 2.10. The molecule has 0 atom stereocenters. The van der Waals surface area contributed by atoms with Crippen LogP contribution in [0.3, 0.4) is 0 Å². The number of rotatable bonds is 3. The van der Waals surface area contributed by atoms with E-state index in [-0.39, 0.29) is 4.90 Å². The molecule has 0 unspecified atom stereocenters. The molecule has 0 aliphatic carbocycles. The van der Waals surface area contributed by atoms with Gasteiger partial charge in [0.1, 0.15) is 0 Å². The van der Waals surface area contributed by atoms with Gasteiger partial charge < -0.3 is 5.32 Å². The normalized spacial score (nSPS) is 14.7. The zero-order valence-corrected chi connectivity index (χ0v) is 15.7. The fourth-order valence-electron chi connectivity index (χ4n) is 3.40. The molecule has 2 N–H and O–H groups in total. The van der Waals surface area contributed by atoms with Crippen LogP contribution in [0, 0.1) is 0 Å². The molecular formula is C20H19ClN2O2S. The zero-order valence-electron chi connectivity index (χ0n) is 14.1. The second-order valence-corrected chi connectivity index (χ2v) is 8.52. The van der Waals surface area contributed by atoms with Crippen molar-refractivity contribution >= 4 is 38.1 Å². The molecule has 1 aliphatic rings. The van der Waals surface area contributed by atoms with E-state index in [2.05, 4.69) is 10.0 Å². The Morgan fingerprint density at radius 2 is 1.77 bits per heavy atom. The monoisotopic (exact) mass is 386 g/mol. The molecule has 0 fully saturated rings. The average molecular weight is 387 g/mol. The molecule has 0 radical (unpaired) electrons. The smallest absolute Gasteiger partial charge is 0.262 e. The summed E-state index contributed by atoms with van der Waals surface area (Å²) in [4.78, 5) is 0.227. The van der Waals surface area contributed by atoms with Crippen molar-refractivity contribution in [3.8, 4) is 0 Å². The van der Waals surface area contributed by atoms with Crippen LogP contribution in [-0.2, 0) is 23.0 Å². The van der Waals surface area contributed by atoms with E-state index in [9.17, 15) is 8.42 Å². The summed E-state index contributed by atoms with van der Waals surface area (Å²) < 4.78 is 28.7. The lowest BCUT2D eigenvalue weighted by Gasteiger charge is -2.13. The topological polar surface area (TPSA) is 58.2 Å². The fraction of sp³-hybridized carbons (Fsp3) is 0.200. The second-order valence-electron chi connectivity index (χ2n) is 6.46. The van der Waals surface area contributed by atoms with Crippen LogP contribution < -0.4 is 10.0 Å². The zero-order chi connectivity index (χ0) is 18.1. The van der Waals surface area contributed by atoms with Gasteiger partial charge >= 0.3 is 0 Å². The van der Waals surface area contributed by atoms with E-state index in [1.165, 1.54) is 5.56 Å². The molecule has 0 saturated heterocycles. The van der Waals surface area contributed by atoms with Crippen LogP contribution in [0.25, 0.3) is 10.8 Å². The van der Waals surface area contributed by atoms with E-state index in [1.807, 2.05) is 36.4 Å². The lowest BCUT2D eigenvalue weighted by Crippen LogP contribution is -2.15. The Kier molecular flexibility index (Phi) is 4.61. The van der Waals surface area contributed by atoms with Gasteiger partial charge in [0.25, 0.3) is 10.0 Å². The highest BCUT2D eigenvalue weighted by molar-refractivity contribution is 7.93. The Morgan fingerprint density at radius 1 is 0.962 bits per heavy atom. The molecular weight excluding hydrogens is 368 g/mol. The largest absolute Gasteiger partial charge is 0.313 e. The van der Waals surface area contributed by atoms with E-state index in [1.54, 1.807) is 18.2 Å². The van der Waals surface area contributed by atoms with Crippen LogP contribution in [-0.4, -0.2) is 15.0 Å². The number of halogens is 1. The third-order valence-corrected chi connectivity index (χ3v) is 6.46. The van der Waals surface area contributed by atoms with Crippen LogP contribution in [0.1, 0.15) is 17.5 Å². The molecule has 3 aromatic carbocycles. The van der Waals surface area contributed by atoms with Crippen molar-refractivity contribution in [2.24, 2.45) is 0 Å². The molecule has 1 aliphatic heterocycles. The summed E-state index contributed by atoms with van der Waals surface area (Å²) in [6, 6.07) is 16.2. The van der Waals surface area contributed by atoms with Gasteiger partial charge in [-0.1, -0.05) is 41.9 Å². The summed E-state index contributed by atoms with van der Waals surface area (Å²) in [5, 5.41) is 5.24. The number of benzene rings is 3. The first-order chi connectivity index (χ1) is 12.5. The molecule has 6 heteroatoms. The number of nitrogens with one attached hydrogen (secondary N) is 2. The van der Waals surface area contributed by atoms with Crippen molar-refractivity contribution in [1.82, 2.24) is 5.32 Å². The molecule has 0 aromatic heterocycles. The van der Waals surface area contributed by atoms with Gasteiger partial charge in [-0.3, -0.25) is 4.72 Å². The van der Waals surface area contributed by atoms with E-state index < -0.39 is 10.0 Å². The Hall–Kier alpha value is -2.08. The molecule has 0 bridgehead atoms. The fourth-order valence-corrected chi connectivity index (χ4v) is 4.89. The number of anilines is 1. The van der Waals surface area contributed by atoms with Crippen molar-refractivity contribution in [3.63, 3.8) is 0 Å². The van der Waals surface area contributed by atoms with Crippen LogP contribution >= 0.6 is 11.6 Å². The van der Waals surface area contributed by atoms with E-state index in [0.29, 0.717) is 16.1 Å². The minimum Gasteiger partial charge on any atom is -0.313 e. The number of sulfonamides is 1. The highest BCUT2D eigenvalue weighted by Gasteiger charge is 2.19. The predicted molar refractivity (Wildman–Crippen MR) is 106 cm³/mol.